The molecule has 5 rings (SSSR count). The zero-order valence-corrected chi connectivity index (χ0v) is 26.1. The van der Waals surface area contributed by atoms with Crippen LogP contribution in [-0.4, -0.2) is 53.1 Å². The quantitative estimate of drug-likeness (QED) is 0.122. The van der Waals surface area contributed by atoms with Crippen molar-refractivity contribution in [3.8, 4) is 23.0 Å². The SMILES string of the molecule is COc1cc(CC(Cc2cc[n-]c2)C(O)CC(=O)C(CO)(Cc2ccc(O)c(OC)c2)Cc2ccc3ccccc3c2)ccc1O. The van der Waals surface area contributed by atoms with Crippen LogP contribution >= 0.6 is 0 Å². The normalized spacial score (nSPS) is 14.0. The van der Waals surface area contributed by atoms with E-state index in [4.69, 9.17) is 9.47 Å². The van der Waals surface area contributed by atoms with Crippen LogP contribution in [-0.2, 0) is 30.5 Å². The lowest BCUT2D eigenvalue weighted by molar-refractivity contribution is -0.134. The van der Waals surface area contributed by atoms with E-state index < -0.39 is 18.1 Å². The van der Waals surface area contributed by atoms with Crippen molar-refractivity contribution in [2.24, 2.45) is 11.3 Å². The fourth-order valence-electron chi connectivity index (χ4n) is 6.24. The van der Waals surface area contributed by atoms with Crippen LogP contribution in [0.3, 0.4) is 0 Å². The summed E-state index contributed by atoms with van der Waals surface area (Å²) in [6.07, 6.45) is 3.53. The van der Waals surface area contributed by atoms with Crippen molar-refractivity contribution >= 4 is 16.6 Å². The lowest BCUT2D eigenvalue weighted by Crippen LogP contribution is -2.42. The van der Waals surface area contributed by atoms with Crippen LogP contribution in [0.25, 0.3) is 10.8 Å². The molecule has 0 saturated carbocycles. The fourth-order valence-corrected chi connectivity index (χ4v) is 6.24. The molecule has 0 spiro atoms. The number of ether oxygens (including phenoxy) is 2. The van der Waals surface area contributed by atoms with Crippen LogP contribution in [0.5, 0.6) is 23.0 Å². The number of hydrogen-bond acceptors (Lipinski definition) is 7. The van der Waals surface area contributed by atoms with Gasteiger partial charge in [-0.15, -0.1) is 0 Å². The van der Waals surface area contributed by atoms with Gasteiger partial charge in [0.2, 0.25) is 0 Å². The van der Waals surface area contributed by atoms with E-state index in [1.165, 1.54) is 20.3 Å². The Kier molecular flexibility index (Phi) is 10.3. The minimum Gasteiger partial charge on any atom is -0.670 e. The summed E-state index contributed by atoms with van der Waals surface area (Å²) in [7, 11) is 2.94. The molecule has 0 aliphatic rings. The predicted octanol–water partition coefficient (Wildman–Crippen LogP) is 5.41. The van der Waals surface area contributed by atoms with Crippen molar-refractivity contribution in [2.45, 2.75) is 38.2 Å². The van der Waals surface area contributed by atoms with Crippen LogP contribution in [0, 0.1) is 11.3 Å². The van der Waals surface area contributed by atoms with E-state index in [2.05, 4.69) is 4.98 Å². The maximum atomic E-state index is 14.4. The Morgan fingerprint density at radius 3 is 1.98 bits per heavy atom. The summed E-state index contributed by atoms with van der Waals surface area (Å²) in [5.74, 6) is -0.0326. The van der Waals surface area contributed by atoms with Crippen LogP contribution in [0.1, 0.15) is 28.7 Å². The molecule has 8 heteroatoms. The Hall–Kier alpha value is -4.79. The second-order valence-electron chi connectivity index (χ2n) is 12.0. The molecule has 0 fully saturated rings. The number of carbonyl (C=O) groups excluding carboxylic acids is 1. The van der Waals surface area contributed by atoms with E-state index >= 15 is 0 Å². The first-order valence-corrected chi connectivity index (χ1v) is 15.3. The molecular weight excluding hydrogens is 582 g/mol. The van der Waals surface area contributed by atoms with Gasteiger partial charge in [-0.05, 0) is 83.3 Å². The molecule has 0 radical (unpaired) electrons. The topological polar surface area (TPSA) is 131 Å². The summed E-state index contributed by atoms with van der Waals surface area (Å²) in [6, 6.07) is 25.8. The van der Waals surface area contributed by atoms with Crippen molar-refractivity contribution in [3.63, 3.8) is 0 Å². The average Bonchev–Trinajstić information content (AvgIpc) is 3.59. The average molecular weight is 623 g/mol. The Balaban J connectivity index is 1.47. The largest absolute Gasteiger partial charge is 0.670 e. The number of methoxy groups -OCH3 is 2. The molecule has 0 bridgehead atoms. The van der Waals surface area contributed by atoms with E-state index in [-0.39, 0.29) is 48.2 Å². The second kappa shape index (κ2) is 14.5. The number of rotatable bonds is 15. The van der Waals surface area contributed by atoms with Crippen LogP contribution in [0.15, 0.2) is 97.3 Å². The van der Waals surface area contributed by atoms with Gasteiger partial charge in [0.05, 0.1) is 32.3 Å². The lowest BCUT2D eigenvalue weighted by atomic mass is 9.71. The Labute approximate surface area is 268 Å². The smallest absolute Gasteiger partial charge is 0.160 e. The third kappa shape index (κ3) is 7.53. The van der Waals surface area contributed by atoms with Crippen molar-refractivity contribution < 1.29 is 34.7 Å². The van der Waals surface area contributed by atoms with Crippen molar-refractivity contribution in [1.29, 1.82) is 0 Å². The molecule has 5 aromatic rings. The summed E-state index contributed by atoms with van der Waals surface area (Å²) in [4.78, 5) is 18.6. The van der Waals surface area contributed by atoms with E-state index in [9.17, 15) is 25.2 Å². The molecule has 0 saturated heterocycles. The summed E-state index contributed by atoms with van der Waals surface area (Å²) >= 11 is 0. The summed E-state index contributed by atoms with van der Waals surface area (Å²) < 4.78 is 10.6. The van der Waals surface area contributed by atoms with Crippen LogP contribution in [0.4, 0.5) is 0 Å². The Morgan fingerprint density at radius 1 is 0.761 bits per heavy atom. The number of aliphatic hydroxyl groups excluding tert-OH is 2. The zero-order chi connectivity index (χ0) is 32.7. The number of phenols is 2. The van der Waals surface area contributed by atoms with Gasteiger partial charge in [-0.1, -0.05) is 66.2 Å². The number of phenolic OH excluding ortho intramolecular Hbond substituents is 2. The lowest BCUT2D eigenvalue weighted by Gasteiger charge is -2.33. The number of ketones is 1. The Bertz CT molecular complexity index is 1770. The Morgan fingerprint density at radius 2 is 1.35 bits per heavy atom. The van der Waals surface area contributed by atoms with Gasteiger partial charge < -0.3 is 34.9 Å². The van der Waals surface area contributed by atoms with Crippen molar-refractivity contribution in [3.05, 3.63) is 120 Å². The van der Waals surface area contributed by atoms with Gasteiger partial charge in [-0.2, -0.15) is 12.4 Å². The first-order chi connectivity index (χ1) is 22.2. The van der Waals surface area contributed by atoms with Crippen molar-refractivity contribution in [1.82, 2.24) is 4.98 Å². The molecule has 0 amide bonds. The van der Waals surface area contributed by atoms with Gasteiger partial charge in [-0.3, -0.25) is 4.79 Å². The highest BCUT2D eigenvalue weighted by molar-refractivity contribution is 5.87. The molecule has 1 aromatic heterocycles. The van der Waals surface area contributed by atoms with E-state index in [0.717, 1.165) is 27.5 Å². The number of Topliss-reactive ketones (excluding diaryl/α,β-unsaturated/α-hetero) is 1. The molecule has 4 N–H and O–H groups in total. The summed E-state index contributed by atoms with van der Waals surface area (Å²) in [5.41, 5.74) is 2.11. The molecule has 4 aromatic carbocycles. The highest BCUT2D eigenvalue weighted by Crippen LogP contribution is 2.36. The number of aliphatic hydroxyl groups is 2. The number of hydrogen-bond donors (Lipinski definition) is 4. The highest BCUT2D eigenvalue weighted by atomic mass is 16.5. The minimum atomic E-state index is -1.26. The first kappa shape index (κ1) is 32.6. The number of carbonyl (C=O) groups is 1. The van der Waals surface area contributed by atoms with Crippen LogP contribution in [0.2, 0.25) is 0 Å². The zero-order valence-electron chi connectivity index (χ0n) is 26.1. The predicted molar refractivity (Wildman–Crippen MR) is 176 cm³/mol. The fraction of sp³-hybridized carbons (Fsp3) is 0.289. The molecule has 240 valence electrons. The van der Waals surface area contributed by atoms with E-state index in [0.29, 0.717) is 24.2 Å². The molecule has 1 heterocycles. The standard InChI is InChI=1S/C38H40NO7/c1-45-35-18-25(8-11-32(35)41)15-31(17-28-13-14-39-23-28)34(43)20-37(44)38(24-40,22-27-9-12-33(42)36(19-27)46-2)21-26-7-10-29-5-3-4-6-30(29)16-26/h3-14,16,18-19,23,31,34,40-43H,15,17,20-22,24H2,1-2H3/q-1. The van der Waals surface area contributed by atoms with E-state index in [1.54, 1.807) is 42.7 Å². The maximum Gasteiger partial charge on any atom is 0.160 e. The highest BCUT2D eigenvalue weighted by Gasteiger charge is 2.40. The van der Waals surface area contributed by atoms with Gasteiger partial charge >= 0.3 is 0 Å². The molecule has 3 atom stereocenters. The monoisotopic (exact) mass is 622 g/mol. The molecule has 0 aliphatic heterocycles. The number of aromatic nitrogens is 1. The van der Waals surface area contributed by atoms with Gasteiger partial charge in [0, 0.05) is 6.42 Å². The molecule has 46 heavy (non-hydrogen) atoms. The minimum absolute atomic E-state index is 0.0195. The third-order valence-electron chi connectivity index (χ3n) is 8.83. The van der Waals surface area contributed by atoms with Gasteiger partial charge in [0.15, 0.2) is 23.0 Å². The summed E-state index contributed by atoms with van der Waals surface area (Å²) in [6.45, 7) is -0.443. The molecule has 3 unspecified atom stereocenters. The van der Waals surface area contributed by atoms with Gasteiger partial charge in [0.25, 0.3) is 0 Å². The summed E-state index contributed by atoms with van der Waals surface area (Å²) in [5, 5.41) is 45.1. The molecular formula is C38H40NO7-. The first-order valence-electron chi connectivity index (χ1n) is 15.3. The maximum absolute atomic E-state index is 14.4. The molecule has 0 aliphatic carbocycles. The van der Waals surface area contributed by atoms with Gasteiger partial charge in [-0.25, -0.2) is 0 Å². The van der Waals surface area contributed by atoms with Crippen LogP contribution < -0.4 is 14.5 Å². The number of nitrogens with zero attached hydrogens (tertiary/aromatic N) is 1. The number of fused-ring (bicyclic) bond motifs is 1. The number of aromatic hydroxyl groups is 2. The number of benzene rings is 4. The second-order valence-corrected chi connectivity index (χ2v) is 12.0. The molecule has 8 nitrogen and oxygen atoms in total. The van der Waals surface area contributed by atoms with Gasteiger partial charge in [0.1, 0.15) is 5.78 Å². The van der Waals surface area contributed by atoms with E-state index in [1.807, 2.05) is 48.5 Å². The third-order valence-corrected chi connectivity index (χ3v) is 8.83. The van der Waals surface area contributed by atoms with Crippen molar-refractivity contribution in [2.75, 3.05) is 20.8 Å².